The normalized spacial score (nSPS) is 11.5. The highest BCUT2D eigenvalue weighted by Gasteiger charge is 2.02. The molecule has 0 spiro atoms. The van der Waals surface area contributed by atoms with Crippen molar-refractivity contribution in [2.75, 3.05) is 0 Å². The van der Waals surface area contributed by atoms with E-state index in [1.54, 1.807) is 0 Å². The van der Waals surface area contributed by atoms with Crippen LogP contribution in [-0.4, -0.2) is 10.2 Å². The maximum atomic E-state index is 3.48. The molecular weight excluding hydrogens is 270 g/mol. The molecule has 2 rings (SSSR count). The number of aromatic amines is 1. The van der Waals surface area contributed by atoms with Crippen molar-refractivity contribution >= 4 is 38.6 Å². The Morgan fingerprint density at radius 1 is 1.33 bits per heavy atom. The first-order valence-electron chi connectivity index (χ1n) is 5.04. The van der Waals surface area contributed by atoms with Crippen LogP contribution in [0.25, 0.3) is 10.9 Å². The molecule has 0 saturated carbocycles. The fourth-order valence-corrected chi connectivity index (χ4v) is 2.54. The highest BCUT2D eigenvalue weighted by atomic mass is 79.9. The summed E-state index contributed by atoms with van der Waals surface area (Å²) in [6.07, 6.45) is 0. The number of hydrogen-bond acceptors (Lipinski definition) is 1. The molecule has 1 aromatic heterocycles. The molecule has 0 saturated heterocycles. The summed E-state index contributed by atoms with van der Waals surface area (Å²) in [5, 5.41) is 1.96. The summed E-state index contributed by atoms with van der Waals surface area (Å²) in [5.74, 6) is 1.06. The Hall–Kier alpha value is -0.410. The van der Waals surface area contributed by atoms with Crippen molar-refractivity contribution in [2.24, 2.45) is 0 Å². The van der Waals surface area contributed by atoms with Gasteiger partial charge < -0.3 is 4.98 Å². The van der Waals surface area contributed by atoms with Gasteiger partial charge >= 0.3 is 0 Å². The third-order valence-corrected chi connectivity index (χ3v) is 3.85. The van der Waals surface area contributed by atoms with Gasteiger partial charge in [-0.3, -0.25) is 0 Å². The van der Waals surface area contributed by atoms with E-state index in [1.807, 2.05) is 11.8 Å². The first kappa shape index (κ1) is 11.1. The minimum atomic E-state index is 0.683. The fraction of sp³-hybridized carbons (Fsp3) is 0.333. The molecule has 0 radical (unpaired) electrons. The molecule has 0 aliphatic heterocycles. The summed E-state index contributed by atoms with van der Waals surface area (Å²) in [6.45, 7) is 4.45. The number of hydrogen-bond donors (Lipinski definition) is 1. The SMILES string of the molecule is CC(C)SCc1cc2cc(Br)ccc2[nH]1. The zero-order chi connectivity index (χ0) is 10.8. The minimum Gasteiger partial charge on any atom is -0.358 e. The number of halogens is 1. The van der Waals surface area contributed by atoms with Crippen LogP contribution >= 0.6 is 27.7 Å². The molecular formula is C12H14BrNS. The van der Waals surface area contributed by atoms with Crippen LogP contribution in [0, 0.1) is 0 Å². The summed E-state index contributed by atoms with van der Waals surface area (Å²) in [6, 6.07) is 8.56. The van der Waals surface area contributed by atoms with Crippen LogP contribution in [0.3, 0.4) is 0 Å². The Kier molecular flexibility index (Phi) is 3.42. The quantitative estimate of drug-likeness (QED) is 0.872. The number of aromatic nitrogens is 1. The van der Waals surface area contributed by atoms with Crippen molar-refractivity contribution in [2.45, 2.75) is 24.9 Å². The Bertz CT molecular complexity index is 462. The number of rotatable bonds is 3. The molecule has 0 atom stereocenters. The molecule has 1 aromatic carbocycles. The van der Waals surface area contributed by atoms with Gasteiger partial charge in [0.15, 0.2) is 0 Å². The maximum Gasteiger partial charge on any atom is 0.0457 e. The van der Waals surface area contributed by atoms with Gasteiger partial charge in [0.05, 0.1) is 0 Å². The summed E-state index contributed by atoms with van der Waals surface area (Å²) >= 11 is 5.45. The van der Waals surface area contributed by atoms with E-state index in [1.165, 1.54) is 16.6 Å². The van der Waals surface area contributed by atoms with Gasteiger partial charge in [0.2, 0.25) is 0 Å². The third kappa shape index (κ3) is 2.79. The molecule has 0 amide bonds. The average molecular weight is 284 g/mol. The van der Waals surface area contributed by atoms with Gasteiger partial charge in [0.25, 0.3) is 0 Å². The van der Waals surface area contributed by atoms with Crippen molar-refractivity contribution in [1.29, 1.82) is 0 Å². The Labute approximate surface area is 103 Å². The van der Waals surface area contributed by atoms with Crippen LogP contribution in [0.4, 0.5) is 0 Å². The molecule has 1 nitrogen and oxygen atoms in total. The first-order valence-corrected chi connectivity index (χ1v) is 6.88. The first-order chi connectivity index (χ1) is 7.15. The van der Waals surface area contributed by atoms with Crippen LogP contribution in [0.5, 0.6) is 0 Å². The van der Waals surface area contributed by atoms with E-state index in [0.717, 1.165) is 10.2 Å². The lowest BCUT2D eigenvalue weighted by molar-refractivity contribution is 1.10. The molecule has 1 N–H and O–H groups in total. The van der Waals surface area contributed by atoms with Gasteiger partial charge in [-0.15, -0.1) is 0 Å². The second kappa shape index (κ2) is 4.62. The zero-order valence-electron chi connectivity index (χ0n) is 8.88. The fourth-order valence-electron chi connectivity index (χ4n) is 1.50. The molecule has 3 heteroatoms. The van der Waals surface area contributed by atoms with E-state index in [-0.39, 0.29) is 0 Å². The van der Waals surface area contributed by atoms with Crippen LogP contribution in [0.15, 0.2) is 28.7 Å². The number of benzene rings is 1. The molecule has 1 heterocycles. The van der Waals surface area contributed by atoms with Crippen molar-refractivity contribution in [3.63, 3.8) is 0 Å². The van der Waals surface area contributed by atoms with Crippen LogP contribution in [0.1, 0.15) is 19.5 Å². The number of H-pyrrole nitrogens is 1. The molecule has 80 valence electrons. The molecule has 0 aliphatic rings. The number of nitrogens with one attached hydrogen (secondary N) is 1. The van der Waals surface area contributed by atoms with E-state index < -0.39 is 0 Å². The average Bonchev–Trinajstić information content (AvgIpc) is 2.56. The largest absolute Gasteiger partial charge is 0.358 e. The van der Waals surface area contributed by atoms with E-state index >= 15 is 0 Å². The van der Waals surface area contributed by atoms with Crippen molar-refractivity contribution in [3.8, 4) is 0 Å². The van der Waals surface area contributed by atoms with Crippen molar-refractivity contribution < 1.29 is 0 Å². The molecule has 15 heavy (non-hydrogen) atoms. The topological polar surface area (TPSA) is 15.8 Å². The molecule has 2 aromatic rings. The summed E-state index contributed by atoms with van der Waals surface area (Å²) in [7, 11) is 0. The Morgan fingerprint density at radius 3 is 2.87 bits per heavy atom. The van der Waals surface area contributed by atoms with Crippen LogP contribution < -0.4 is 0 Å². The van der Waals surface area contributed by atoms with E-state index in [9.17, 15) is 0 Å². The number of thioether (sulfide) groups is 1. The molecule has 0 bridgehead atoms. The Balaban J connectivity index is 2.23. The van der Waals surface area contributed by atoms with E-state index in [2.05, 4.69) is 59.0 Å². The van der Waals surface area contributed by atoms with Gasteiger partial charge in [-0.05, 0) is 29.5 Å². The molecule has 0 aliphatic carbocycles. The lowest BCUT2D eigenvalue weighted by atomic mass is 10.2. The predicted molar refractivity (Wildman–Crippen MR) is 72.4 cm³/mol. The van der Waals surface area contributed by atoms with Gasteiger partial charge in [0, 0.05) is 26.8 Å². The van der Waals surface area contributed by atoms with Crippen LogP contribution in [0.2, 0.25) is 0 Å². The smallest absolute Gasteiger partial charge is 0.0457 e. The van der Waals surface area contributed by atoms with Crippen LogP contribution in [-0.2, 0) is 5.75 Å². The summed E-state index contributed by atoms with van der Waals surface area (Å²) in [4.78, 5) is 3.44. The van der Waals surface area contributed by atoms with Gasteiger partial charge in [-0.2, -0.15) is 11.8 Å². The highest BCUT2D eigenvalue weighted by molar-refractivity contribution is 9.10. The second-order valence-corrected chi connectivity index (χ2v) is 6.37. The Morgan fingerprint density at radius 2 is 2.13 bits per heavy atom. The number of fused-ring (bicyclic) bond motifs is 1. The third-order valence-electron chi connectivity index (χ3n) is 2.21. The van der Waals surface area contributed by atoms with Crippen molar-refractivity contribution in [3.05, 3.63) is 34.4 Å². The molecule has 0 fully saturated rings. The lowest BCUT2D eigenvalue weighted by Gasteiger charge is -2.01. The monoisotopic (exact) mass is 283 g/mol. The van der Waals surface area contributed by atoms with E-state index in [0.29, 0.717) is 5.25 Å². The minimum absolute atomic E-state index is 0.683. The maximum absolute atomic E-state index is 3.48. The van der Waals surface area contributed by atoms with Gasteiger partial charge in [0.1, 0.15) is 0 Å². The highest BCUT2D eigenvalue weighted by Crippen LogP contribution is 2.23. The second-order valence-electron chi connectivity index (χ2n) is 3.89. The molecule has 0 unspecified atom stereocenters. The lowest BCUT2D eigenvalue weighted by Crippen LogP contribution is -1.88. The standard InChI is InChI=1S/C12H14BrNS/c1-8(2)15-7-11-6-9-5-10(13)3-4-12(9)14-11/h3-6,8,14H,7H2,1-2H3. The van der Waals surface area contributed by atoms with Crippen molar-refractivity contribution in [1.82, 2.24) is 4.98 Å². The summed E-state index contributed by atoms with van der Waals surface area (Å²) < 4.78 is 1.14. The van der Waals surface area contributed by atoms with Gasteiger partial charge in [-0.25, -0.2) is 0 Å². The van der Waals surface area contributed by atoms with Gasteiger partial charge in [-0.1, -0.05) is 29.8 Å². The predicted octanol–water partition coefficient (Wildman–Crippen LogP) is 4.57. The zero-order valence-corrected chi connectivity index (χ0v) is 11.3. The summed E-state index contributed by atoms with van der Waals surface area (Å²) in [5.41, 5.74) is 2.53. The van der Waals surface area contributed by atoms with E-state index in [4.69, 9.17) is 0 Å².